The molecule has 11 rings (SSSR count). The SMILES string of the molecule is CC(C)(C)c1cc(CSC2CCCCCCC2SCc2cc(C(C)(C)C)cc(C34CCC5CCC6(C)CC(C)(C3)C564)c2O)c(O)c(C23CC4CC5(C)CC(C)(C2)C45C3)c1. The average Bonchev–Trinajstić information content (AvgIpc) is 3.80. The minimum Gasteiger partial charge on any atom is -0.507 e. The lowest BCUT2D eigenvalue weighted by Gasteiger charge is -2.83. The van der Waals surface area contributed by atoms with Crippen molar-refractivity contribution in [3.8, 4) is 11.5 Å². The van der Waals surface area contributed by atoms with Crippen molar-refractivity contribution in [2.45, 2.75) is 222 Å². The standard InChI is InChI=1S/C55H78O2S2/c1-46(2,3)37-21-34(44(56)40(23-37)52-26-39-25-49(8)30-50(9,31-52)54(39,49)33-52)27-58-42-15-13-11-12-14-16-43(42)59-28-35-22-38(47(4,5)6)24-41(45(35)57)53-20-18-36-17-19-48(7)29-51(10,32-53)55(36,48)53/h21-24,36,39,42-43,56-57H,11-20,25-33H2,1-10H3. The average molecular weight is 835 g/mol. The molecule has 59 heavy (non-hydrogen) atoms. The molecule has 12 atom stereocenters. The Morgan fingerprint density at radius 2 is 1.12 bits per heavy atom. The van der Waals surface area contributed by atoms with Crippen LogP contribution in [0.2, 0.25) is 0 Å². The summed E-state index contributed by atoms with van der Waals surface area (Å²) < 4.78 is 0. The quantitative estimate of drug-likeness (QED) is 0.278. The number of hydrogen-bond donors (Lipinski definition) is 2. The molecule has 9 aliphatic carbocycles. The van der Waals surface area contributed by atoms with Gasteiger partial charge in [-0.1, -0.05) is 119 Å². The summed E-state index contributed by atoms with van der Waals surface area (Å²) in [6.45, 7) is 24.7. The normalized spacial score (nSPS) is 46.3. The maximum absolute atomic E-state index is 12.6. The molecule has 2 aromatic carbocycles. The molecule has 9 aliphatic rings. The van der Waals surface area contributed by atoms with Crippen LogP contribution in [0.15, 0.2) is 24.3 Å². The van der Waals surface area contributed by atoms with Gasteiger partial charge in [0.25, 0.3) is 0 Å². The summed E-state index contributed by atoms with van der Waals surface area (Å²) in [5.41, 5.74) is 11.0. The van der Waals surface area contributed by atoms with Gasteiger partial charge in [0.1, 0.15) is 11.5 Å². The van der Waals surface area contributed by atoms with E-state index in [-0.39, 0.29) is 21.7 Å². The summed E-state index contributed by atoms with van der Waals surface area (Å²) >= 11 is 4.31. The van der Waals surface area contributed by atoms with Gasteiger partial charge in [0.2, 0.25) is 0 Å². The first-order valence-electron chi connectivity index (χ1n) is 24.6. The zero-order valence-corrected chi connectivity index (χ0v) is 40.4. The van der Waals surface area contributed by atoms with E-state index in [0.29, 0.717) is 54.5 Å². The molecule has 12 unspecified atom stereocenters. The Labute approximate surface area is 367 Å². The molecule has 9 saturated carbocycles. The van der Waals surface area contributed by atoms with Crippen LogP contribution in [-0.2, 0) is 33.2 Å². The number of benzene rings is 2. The van der Waals surface area contributed by atoms with E-state index in [1.54, 1.807) is 0 Å². The number of aromatic hydroxyl groups is 2. The number of phenols is 2. The Morgan fingerprint density at radius 3 is 1.66 bits per heavy atom. The van der Waals surface area contributed by atoms with Crippen LogP contribution in [0.3, 0.4) is 0 Å². The first-order valence-corrected chi connectivity index (χ1v) is 26.7. The molecule has 0 radical (unpaired) electrons. The van der Waals surface area contributed by atoms with Crippen molar-refractivity contribution in [1.29, 1.82) is 0 Å². The maximum atomic E-state index is 12.6. The van der Waals surface area contributed by atoms with Crippen LogP contribution in [0.25, 0.3) is 0 Å². The molecule has 2 nitrogen and oxygen atoms in total. The van der Waals surface area contributed by atoms with Crippen LogP contribution in [0.1, 0.15) is 212 Å². The Bertz CT molecular complexity index is 2110. The van der Waals surface area contributed by atoms with Crippen LogP contribution < -0.4 is 0 Å². The zero-order valence-electron chi connectivity index (χ0n) is 38.8. The molecule has 2 aromatic rings. The second-order valence-electron chi connectivity index (χ2n) is 26.4. The Hall–Kier alpha value is -1.26. The van der Waals surface area contributed by atoms with Crippen LogP contribution >= 0.6 is 23.5 Å². The summed E-state index contributed by atoms with van der Waals surface area (Å²) in [7, 11) is 0. The van der Waals surface area contributed by atoms with E-state index in [0.717, 1.165) is 23.3 Å². The molecule has 0 aromatic heterocycles. The van der Waals surface area contributed by atoms with E-state index in [1.165, 1.54) is 143 Å². The van der Waals surface area contributed by atoms with Gasteiger partial charge in [-0.3, -0.25) is 0 Å². The largest absolute Gasteiger partial charge is 0.507 e. The maximum Gasteiger partial charge on any atom is 0.123 e. The van der Waals surface area contributed by atoms with Gasteiger partial charge in [0, 0.05) is 55.1 Å². The fourth-order valence-corrected chi connectivity index (χ4v) is 23.1. The van der Waals surface area contributed by atoms with Crippen molar-refractivity contribution in [2.24, 2.45) is 44.3 Å². The van der Waals surface area contributed by atoms with Gasteiger partial charge >= 0.3 is 0 Å². The predicted octanol–water partition coefficient (Wildman–Crippen LogP) is 15.1. The highest BCUT2D eigenvalue weighted by Gasteiger charge is 2.90. The van der Waals surface area contributed by atoms with Gasteiger partial charge < -0.3 is 10.2 Å². The molecule has 2 spiro atoms. The Balaban J connectivity index is 0.883. The lowest BCUT2D eigenvalue weighted by molar-refractivity contribution is -0.318. The molecule has 4 heteroatoms. The van der Waals surface area contributed by atoms with Crippen LogP contribution in [0.5, 0.6) is 11.5 Å². The van der Waals surface area contributed by atoms with Crippen LogP contribution in [0, 0.1) is 44.3 Å². The van der Waals surface area contributed by atoms with E-state index in [4.69, 9.17) is 0 Å². The van der Waals surface area contributed by atoms with E-state index in [2.05, 4.69) is 117 Å². The van der Waals surface area contributed by atoms with Crippen molar-refractivity contribution in [3.05, 3.63) is 57.6 Å². The highest BCUT2D eigenvalue weighted by molar-refractivity contribution is 8.03. The summed E-state index contributed by atoms with van der Waals surface area (Å²) in [6.07, 6.45) is 22.5. The van der Waals surface area contributed by atoms with Crippen molar-refractivity contribution in [3.63, 3.8) is 0 Å². The number of thioether (sulfide) groups is 2. The summed E-state index contributed by atoms with van der Waals surface area (Å²) in [5, 5.41) is 26.2. The summed E-state index contributed by atoms with van der Waals surface area (Å²) in [6, 6.07) is 9.79. The van der Waals surface area contributed by atoms with Crippen molar-refractivity contribution in [2.75, 3.05) is 0 Å². The molecule has 9 fully saturated rings. The summed E-state index contributed by atoms with van der Waals surface area (Å²) in [4.78, 5) is 0. The van der Waals surface area contributed by atoms with E-state index in [1.807, 2.05) is 0 Å². The Kier molecular flexibility index (Phi) is 8.44. The second kappa shape index (κ2) is 12.3. The molecule has 0 heterocycles. The Morgan fingerprint density at radius 1 is 0.559 bits per heavy atom. The molecule has 0 saturated heterocycles. The lowest BCUT2D eigenvalue weighted by atomic mass is 9.20. The van der Waals surface area contributed by atoms with Crippen molar-refractivity contribution < 1.29 is 10.2 Å². The van der Waals surface area contributed by atoms with Gasteiger partial charge in [-0.15, -0.1) is 0 Å². The predicted molar refractivity (Wildman–Crippen MR) is 250 cm³/mol. The number of phenolic OH excluding ortho intramolecular Hbond substituents is 2. The molecule has 322 valence electrons. The molecule has 0 amide bonds. The first-order chi connectivity index (χ1) is 27.6. The fourth-order valence-electron chi connectivity index (χ4n) is 20.1. The van der Waals surface area contributed by atoms with E-state index in [9.17, 15) is 10.2 Å². The minimum atomic E-state index is 0.0354. The van der Waals surface area contributed by atoms with Crippen LogP contribution in [0.4, 0.5) is 0 Å². The third-order valence-electron chi connectivity index (χ3n) is 21.3. The van der Waals surface area contributed by atoms with Gasteiger partial charge in [0.05, 0.1) is 0 Å². The monoisotopic (exact) mass is 835 g/mol. The molecular weight excluding hydrogens is 757 g/mol. The smallest absolute Gasteiger partial charge is 0.123 e. The number of fused-ring (bicyclic) bond motifs is 1. The van der Waals surface area contributed by atoms with Gasteiger partial charge in [0.15, 0.2) is 0 Å². The van der Waals surface area contributed by atoms with Gasteiger partial charge in [-0.05, 0) is 150 Å². The number of rotatable bonds is 8. The van der Waals surface area contributed by atoms with Crippen LogP contribution in [-0.4, -0.2) is 20.7 Å². The molecular formula is C55H78O2S2. The minimum absolute atomic E-state index is 0.0354. The highest BCUT2D eigenvalue weighted by atomic mass is 32.2. The zero-order chi connectivity index (χ0) is 41.6. The highest BCUT2D eigenvalue weighted by Crippen LogP contribution is 2.96. The van der Waals surface area contributed by atoms with Gasteiger partial charge in [-0.2, -0.15) is 23.5 Å². The summed E-state index contributed by atoms with van der Waals surface area (Å²) in [5.74, 6) is 4.77. The third-order valence-corrected chi connectivity index (χ3v) is 24.4. The molecule has 2 bridgehead atoms. The second-order valence-corrected chi connectivity index (χ2v) is 28.9. The van der Waals surface area contributed by atoms with Gasteiger partial charge in [-0.25, -0.2) is 0 Å². The fraction of sp³-hybridized carbons (Fsp3) is 0.782. The number of hydrogen-bond acceptors (Lipinski definition) is 4. The molecule has 2 N–H and O–H groups in total. The topological polar surface area (TPSA) is 40.5 Å². The lowest BCUT2D eigenvalue weighted by Crippen LogP contribution is -2.78. The third kappa shape index (κ3) is 4.88. The van der Waals surface area contributed by atoms with E-state index >= 15 is 0 Å². The van der Waals surface area contributed by atoms with E-state index < -0.39 is 0 Å². The molecule has 0 aliphatic heterocycles. The van der Waals surface area contributed by atoms with Crippen molar-refractivity contribution >= 4 is 23.5 Å². The first kappa shape index (κ1) is 40.5. The van der Waals surface area contributed by atoms with Crippen molar-refractivity contribution in [1.82, 2.24) is 0 Å².